The van der Waals surface area contributed by atoms with Crippen LogP contribution in [0.1, 0.15) is 40.0 Å². The highest BCUT2D eigenvalue weighted by molar-refractivity contribution is 7.53. The van der Waals surface area contributed by atoms with E-state index in [1.165, 1.54) is 4.67 Å². The van der Waals surface area contributed by atoms with E-state index >= 15 is 0 Å². The van der Waals surface area contributed by atoms with Gasteiger partial charge in [0.25, 0.3) is 0 Å². The van der Waals surface area contributed by atoms with Gasteiger partial charge in [0.1, 0.15) is 0 Å². The molecule has 118 valence electrons. The quantitative estimate of drug-likeness (QED) is 0.824. The van der Waals surface area contributed by atoms with Gasteiger partial charge < -0.3 is 9.79 Å². The molecule has 5 heteroatoms. The van der Waals surface area contributed by atoms with Crippen molar-refractivity contribution < 1.29 is 14.4 Å². The van der Waals surface area contributed by atoms with Crippen LogP contribution in [0.2, 0.25) is 0 Å². The van der Waals surface area contributed by atoms with Crippen LogP contribution in [0, 0.1) is 17.8 Å². The summed E-state index contributed by atoms with van der Waals surface area (Å²) in [6.07, 6.45) is 3.01. The number of hydrogen-bond donors (Lipinski definition) is 2. The van der Waals surface area contributed by atoms with Crippen LogP contribution in [-0.4, -0.2) is 15.8 Å². The van der Waals surface area contributed by atoms with Crippen LogP contribution < -0.4 is 4.67 Å². The van der Waals surface area contributed by atoms with Gasteiger partial charge in [0, 0.05) is 11.7 Å². The third kappa shape index (κ3) is 3.68. The lowest BCUT2D eigenvalue weighted by Crippen LogP contribution is -2.45. The summed E-state index contributed by atoms with van der Waals surface area (Å²) in [5, 5.41) is 0. The minimum Gasteiger partial charge on any atom is -0.308 e. The van der Waals surface area contributed by atoms with Crippen LogP contribution in [0.25, 0.3) is 0 Å². The molecule has 1 aromatic rings. The van der Waals surface area contributed by atoms with Gasteiger partial charge in [-0.3, -0.25) is 4.67 Å². The number of para-hydroxylation sites is 1. The normalized spacial score (nSPS) is 26.9. The summed E-state index contributed by atoms with van der Waals surface area (Å²) in [6.45, 7) is 6.52. The van der Waals surface area contributed by atoms with E-state index in [0.717, 1.165) is 19.3 Å². The molecule has 0 amide bonds. The number of anilines is 1. The van der Waals surface area contributed by atoms with Crippen molar-refractivity contribution in [1.82, 2.24) is 0 Å². The van der Waals surface area contributed by atoms with Crippen molar-refractivity contribution >= 4 is 13.4 Å². The second kappa shape index (κ2) is 6.51. The molecule has 0 radical (unpaired) electrons. The highest BCUT2D eigenvalue weighted by Crippen LogP contribution is 2.51. The third-order valence-corrected chi connectivity index (χ3v) is 5.74. The lowest BCUT2D eigenvalue weighted by atomic mass is 9.71. The van der Waals surface area contributed by atoms with Gasteiger partial charge in [-0.05, 0) is 36.3 Å². The molecule has 3 unspecified atom stereocenters. The van der Waals surface area contributed by atoms with Crippen LogP contribution in [0.3, 0.4) is 0 Å². The first-order valence-corrected chi connectivity index (χ1v) is 9.29. The first-order chi connectivity index (χ1) is 9.82. The largest absolute Gasteiger partial charge is 0.430 e. The summed E-state index contributed by atoms with van der Waals surface area (Å²) >= 11 is 0. The SMILES string of the molecule is CC(C)C1C(C)CCCC1N(c1ccccc1)P(=O)(O)O. The lowest BCUT2D eigenvalue weighted by molar-refractivity contribution is 0.163. The molecule has 0 saturated heterocycles. The van der Waals surface area contributed by atoms with Gasteiger partial charge >= 0.3 is 7.75 Å². The van der Waals surface area contributed by atoms with E-state index < -0.39 is 7.75 Å². The maximum atomic E-state index is 12.1. The van der Waals surface area contributed by atoms with Crippen LogP contribution in [0.5, 0.6) is 0 Å². The average molecular weight is 311 g/mol. The Morgan fingerprint density at radius 1 is 1.19 bits per heavy atom. The smallest absolute Gasteiger partial charge is 0.308 e. The molecule has 0 aromatic heterocycles. The summed E-state index contributed by atoms with van der Waals surface area (Å²) in [5.74, 6) is 1.19. The molecule has 0 bridgehead atoms. The molecule has 4 nitrogen and oxygen atoms in total. The van der Waals surface area contributed by atoms with Crippen molar-refractivity contribution in [2.45, 2.75) is 46.1 Å². The zero-order valence-corrected chi connectivity index (χ0v) is 13.9. The lowest BCUT2D eigenvalue weighted by Gasteiger charge is -2.45. The average Bonchev–Trinajstić information content (AvgIpc) is 2.38. The summed E-state index contributed by atoms with van der Waals surface area (Å²) in [6, 6.07) is 9.00. The zero-order chi connectivity index (χ0) is 15.6. The van der Waals surface area contributed by atoms with E-state index in [2.05, 4.69) is 20.8 Å². The molecule has 1 fully saturated rings. The predicted octanol–water partition coefficient (Wildman–Crippen LogP) is 4.05. The summed E-state index contributed by atoms with van der Waals surface area (Å²) < 4.78 is 13.5. The van der Waals surface area contributed by atoms with Crippen molar-refractivity contribution in [3.8, 4) is 0 Å². The van der Waals surface area contributed by atoms with Gasteiger partial charge in [-0.1, -0.05) is 51.8 Å². The minimum absolute atomic E-state index is 0.100. The highest BCUT2D eigenvalue weighted by atomic mass is 31.2. The first-order valence-electron chi connectivity index (χ1n) is 7.72. The first kappa shape index (κ1) is 16.5. The minimum atomic E-state index is -4.34. The van der Waals surface area contributed by atoms with Gasteiger partial charge in [-0.2, -0.15) is 0 Å². The van der Waals surface area contributed by atoms with Gasteiger partial charge in [-0.25, -0.2) is 4.57 Å². The van der Waals surface area contributed by atoms with E-state index in [0.29, 0.717) is 23.4 Å². The monoisotopic (exact) mass is 311 g/mol. The van der Waals surface area contributed by atoms with Crippen LogP contribution in [0.15, 0.2) is 30.3 Å². The van der Waals surface area contributed by atoms with Crippen molar-refractivity contribution in [3.63, 3.8) is 0 Å². The van der Waals surface area contributed by atoms with Gasteiger partial charge in [0.05, 0.1) is 0 Å². The number of rotatable bonds is 4. The predicted molar refractivity (Wildman–Crippen MR) is 86.1 cm³/mol. The molecular weight excluding hydrogens is 285 g/mol. The number of benzene rings is 1. The van der Waals surface area contributed by atoms with E-state index in [1.54, 1.807) is 12.1 Å². The van der Waals surface area contributed by atoms with E-state index in [-0.39, 0.29) is 6.04 Å². The van der Waals surface area contributed by atoms with Crippen molar-refractivity contribution in [2.24, 2.45) is 17.8 Å². The molecule has 1 aliphatic carbocycles. The molecular formula is C16H26NO3P. The molecule has 0 spiro atoms. The Bertz CT molecular complexity index is 500. The Labute approximate surface area is 127 Å². The molecule has 3 atom stereocenters. The van der Waals surface area contributed by atoms with Crippen LogP contribution in [-0.2, 0) is 4.57 Å². The van der Waals surface area contributed by atoms with E-state index in [4.69, 9.17) is 0 Å². The molecule has 0 heterocycles. The van der Waals surface area contributed by atoms with Gasteiger partial charge in [-0.15, -0.1) is 0 Å². The fourth-order valence-corrected chi connectivity index (χ4v) is 5.01. The van der Waals surface area contributed by atoms with Crippen LogP contribution in [0.4, 0.5) is 5.69 Å². The second-order valence-corrected chi connectivity index (χ2v) is 7.95. The van der Waals surface area contributed by atoms with Crippen molar-refractivity contribution in [3.05, 3.63) is 30.3 Å². The molecule has 0 aliphatic heterocycles. The Morgan fingerprint density at radius 2 is 1.81 bits per heavy atom. The molecule has 1 aliphatic rings. The molecule has 21 heavy (non-hydrogen) atoms. The molecule has 2 N–H and O–H groups in total. The van der Waals surface area contributed by atoms with E-state index in [1.807, 2.05) is 18.2 Å². The molecule has 2 rings (SSSR count). The topological polar surface area (TPSA) is 60.8 Å². The van der Waals surface area contributed by atoms with Crippen molar-refractivity contribution in [2.75, 3.05) is 4.67 Å². The summed E-state index contributed by atoms with van der Waals surface area (Å²) in [4.78, 5) is 19.8. The molecule has 1 saturated carbocycles. The number of hydrogen-bond acceptors (Lipinski definition) is 1. The Balaban J connectivity index is 2.43. The Hall–Kier alpha value is -0.830. The number of nitrogens with zero attached hydrogens (tertiary/aromatic N) is 1. The van der Waals surface area contributed by atoms with Crippen LogP contribution >= 0.6 is 7.75 Å². The summed E-state index contributed by atoms with van der Waals surface area (Å²) in [5.41, 5.74) is 0.621. The second-order valence-electron chi connectivity index (χ2n) is 6.49. The molecule has 1 aromatic carbocycles. The maximum absolute atomic E-state index is 12.1. The van der Waals surface area contributed by atoms with E-state index in [9.17, 15) is 14.4 Å². The third-order valence-electron chi connectivity index (χ3n) is 4.65. The van der Waals surface area contributed by atoms with Gasteiger partial charge in [0.2, 0.25) is 0 Å². The highest BCUT2D eigenvalue weighted by Gasteiger charge is 2.42. The summed E-state index contributed by atoms with van der Waals surface area (Å²) in [7, 11) is -4.34. The Morgan fingerprint density at radius 3 is 2.33 bits per heavy atom. The Kier molecular flexibility index (Phi) is 5.13. The fraction of sp³-hybridized carbons (Fsp3) is 0.625. The van der Waals surface area contributed by atoms with Crippen molar-refractivity contribution in [1.29, 1.82) is 0 Å². The fourth-order valence-electron chi connectivity index (χ4n) is 3.92. The zero-order valence-electron chi connectivity index (χ0n) is 13.0. The van der Waals surface area contributed by atoms with Gasteiger partial charge in [0.15, 0.2) is 0 Å². The standard InChI is InChI=1S/C16H26NO3P/c1-12(2)16-13(3)8-7-11-15(16)17(21(18,19)20)14-9-5-4-6-10-14/h4-6,9-10,12-13,15-16H,7-8,11H2,1-3H3,(H2,18,19,20). The maximum Gasteiger partial charge on any atom is 0.430 e.